The second-order valence-electron chi connectivity index (χ2n) is 3.28. The van der Waals surface area contributed by atoms with E-state index in [1.807, 2.05) is 0 Å². The molecule has 1 heterocycles. The lowest BCUT2D eigenvalue weighted by atomic mass is 10.0. The lowest BCUT2D eigenvalue weighted by molar-refractivity contribution is 0.543. The summed E-state index contributed by atoms with van der Waals surface area (Å²) in [6.07, 6.45) is 1.14. The van der Waals surface area contributed by atoms with Crippen LogP contribution in [0.1, 0.15) is 36.1 Å². The lowest BCUT2D eigenvalue weighted by Gasteiger charge is -2.14. The van der Waals surface area contributed by atoms with Gasteiger partial charge in [0, 0.05) is 4.88 Å². The first-order chi connectivity index (χ1) is 5.65. The zero-order valence-corrected chi connectivity index (χ0v) is 9.38. The third-order valence-electron chi connectivity index (χ3n) is 2.21. The predicted molar refractivity (Wildman–Crippen MR) is 57.1 cm³/mol. The Morgan fingerprint density at radius 3 is 2.67 bits per heavy atom. The fourth-order valence-corrected chi connectivity index (χ4v) is 2.26. The van der Waals surface area contributed by atoms with E-state index in [0.717, 1.165) is 6.42 Å². The summed E-state index contributed by atoms with van der Waals surface area (Å²) in [5.41, 5.74) is 1.29. The molecule has 2 heteroatoms. The van der Waals surface area contributed by atoms with Crippen molar-refractivity contribution in [2.24, 2.45) is 5.92 Å². The monoisotopic (exact) mass is 202 g/mol. The fraction of sp³-hybridized carbons (Fsp3) is 0.600. The Hall–Kier alpha value is -0.0100. The number of hydrogen-bond acceptors (Lipinski definition) is 1. The van der Waals surface area contributed by atoms with Gasteiger partial charge in [0.1, 0.15) is 0 Å². The van der Waals surface area contributed by atoms with Crippen molar-refractivity contribution in [1.29, 1.82) is 0 Å². The van der Waals surface area contributed by atoms with Crippen molar-refractivity contribution in [3.05, 3.63) is 21.9 Å². The summed E-state index contributed by atoms with van der Waals surface area (Å²) in [7, 11) is 0. The van der Waals surface area contributed by atoms with Gasteiger partial charge >= 0.3 is 0 Å². The highest BCUT2D eigenvalue weighted by atomic mass is 35.5. The molecule has 0 bridgehead atoms. The first-order valence-corrected chi connectivity index (χ1v) is 5.65. The van der Waals surface area contributed by atoms with Gasteiger partial charge in [-0.15, -0.1) is 22.9 Å². The Kier molecular flexibility index (Phi) is 3.60. The topological polar surface area (TPSA) is 0 Å². The van der Waals surface area contributed by atoms with Gasteiger partial charge in [-0.1, -0.05) is 20.3 Å². The van der Waals surface area contributed by atoms with Gasteiger partial charge in [0.25, 0.3) is 0 Å². The van der Waals surface area contributed by atoms with Gasteiger partial charge in [-0.2, -0.15) is 0 Å². The molecule has 0 aromatic carbocycles. The number of alkyl halides is 1. The van der Waals surface area contributed by atoms with Crippen LogP contribution in [-0.2, 0) is 0 Å². The minimum atomic E-state index is 0.194. The van der Waals surface area contributed by atoms with Gasteiger partial charge in [0.05, 0.1) is 5.38 Å². The zero-order valence-electron chi connectivity index (χ0n) is 7.80. The van der Waals surface area contributed by atoms with Crippen molar-refractivity contribution in [1.82, 2.24) is 0 Å². The largest absolute Gasteiger partial charge is 0.149 e. The molecule has 0 amide bonds. The van der Waals surface area contributed by atoms with Crippen LogP contribution < -0.4 is 0 Å². The van der Waals surface area contributed by atoms with Gasteiger partial charge in [0.15, 0.2) is 0 Å². The SMILES string of the molecule is CCC(C)C(Cl)c1csc(C)c1. The molecule has 0 radical (unpaired) electrons. The second kappa shape index (κ2) is 4.29. The van der Waals surface area contributed by atoms with E-state index in [0.29, 0.717) is 5.92 Å². The minimum absolute atomic E-state index is 0.194. The Labute approximate surface area is 83.6 Å². The summed E-state index contributed by atoms with van der Waals surface area (Å²) in [5, 5.41) is 2.36. The first-order valence-electron chi connectivity index (χ1n) is 4.34. The number of aryl methyl sites for hydroxylation is 1. The van der Waals surface area contributed by atoms with Crippen LogP contribution in [0.3, 0.4) is 0 Å². The van der Waals surface area contributed by atoms with E-state index in [4.69, 9.17) is 11.6 Å². The van der Waals surface area contributed by atoms with Gasteiger partial charge in [-0.3, -0.25) is 0 Å². The molecular weight excluding hydrogens is 188 g/mol. The zero-order chi connectivity index (χ0) is 9.14. The van der Waals surface area contributed by atoms with E-state index < -0.39 is 0 Å². The van der Waals surface area contributed by atoms with Crippen LogP contribution in [0.25, 0.3) is 0 Å². The molecule has 1 rings (SSSR count). The summed E-state index contributed by atoms with van der Waals surface area (Å²) in [6, 6.07) is 2.19. The van der Waals surface area contributed by atoms with Crippen LogP contribution in [0.2, 0.25) is 0 Å². The first kappa shape index (κ1) is 10.1. The standard InChI is InChI=1S/C10H15ClS/c1-4-7(2)10(11)9-5-8(3)12-6-9/h5-7,10H,4H2,1-3H3. The Morgan fingerprint density at radius 1 is 1.58 bits per heavy atom. The summed E-state index contributed by atoms with van der Waals surface area (Å²) >= 11 is 8.05. The molecule has 68 valence electrons. The van der Waals surface area contributed by atoms with E-state index in [2.05, 4.69) is 32.2 Å². The van der Waals surface area contributed by atoms with Crippen LogP contribution in [0, 0.1) is 12.8 Å². The molecule has 0 aliphatic carbocycles. The summed E-state index contributed by atoms with van der Waals surface area (Å²) in [5.74, 6) is 0.570. The smallest absolute Gasteiger partial charge is 0.0618 e. The maximum absolute atomic E-state index is 6.28. The summed E-state index contributed by atoms with van der Waals surface area (Å²) in [4.78, 5) is 1.35. The maximum Gasteiger partial charge on any atom is 0.0618 e. The van der Waals surface area contributed by atoms with Gasteiger partial charge < -0.3 is 0 Å². The van der Waals surface area contributed by atoms with Crippen molar-refractivity contribution in [3.8, 4) is 0 Å². The van der Waals surface area contributed by atoms with Gasteiger partial charge in [-0.05, 0) is 29.9 Å². The molecule has 12 heavy (non-hydrogen) atoms. The minimum Gasteiger partial charge on any atom is -0.149 e. The van der Waals surface area contributed by atoms with Crippen LogP contribution in [0.5, 0.6) is 0 Å². The molecule has 1 aromatic rings. The molecule has 2 atom stereocenters. The molecular formula is C10H15ClS. The maximum atomic E-state index is 6.28. The van der Waals surface area contributed by atoms with Crippen LogP contribution >= 0.6 is 22.9 Å². The molecule has 0 fully saturated rings. The number of halogens is 1. The lowest BCUT2D eigenvalue weighted by Crippen LogP contribution is -2.00. The normalized spacial score (nSPS) is 16.0. The molecule has 1 aromatic heterocycles. The average Bonchev–Trinajstić information content (AvgIpc) is 2.49. The molecule has 2 unspecified atom stereocenters. The quantitative estimate of drug-likeness (QED) is 0.639. The van der Waals surface area contributed by atoms with Gasteiger partial charge in [-0.25, -0.2) is 0 Å². The molecule has 0 aliphatic heterocycles. The Morgan fingerprint density at radius 2 is 2.25 bits per heavy atom. The van der Waals surface area contributed by atoms with E-state index in [-0.39, 0.29) is 5.38 Å². The molecule has 0 saturated carbocycles. The molecule has 0 aliphatic rings. The van der Waals surface area contributed by atoms with Crippen molar-refractivity contribution in [2.45, 2.75) is 32.6 Å². The summed E-state index contributed by atoms with van der Waals surface area (Å²) < 4.78 is 0. The van der Waals surface area contributed by atoms with E-state index >= 15 is 0 Å². The molecule has 0 saturated heterocycles. The molecule has 0 spiro atoms. The van der Waals surface area contributed by atoms with Crippen molar-refractivity contribution >= 4 is 22.9 Å². The highest BCUT2D eigenvalue weighted by Crippen LogP contribution is 2.33. The Balaban J connectivity index is 2.70. The van der Waals surface area contributed by atoms with Gasteiger partial charge in [0.2, 0.25) is 0 Å². The average molecular weight is 203 g/mol. The highest BCUT2D eigenvalue weighted by Gasteiger charge is 2.15. The fourth-order valence-electron chi connectivity index (χ4n) is 1.14. The van der Waals surface area contributed by atoms with E-state index in [1.54, 1.807) is 11.3 Å². The second-order valence-corrected chi connectivity index (χ2v) is 4.86. The highest BCUT2D eigenvalue weighted by molar-refractivity contribution is 7.10. The number of rotatable bonds is 3. The van der Waals surface area contributed by atoms with Crippen LogP contribution in [0.15, 0.2) is 11.4 Å². The van der Waals surface area contributed by atoms with Crippen LogP contribution in [-0.4, -0.2) is 0 Å². The Bertz CT molecular complexity index is 242. The third kappa shape index (κ3) is 2.24. The van der Waals surface area contributed by atoms with E-state index in [1.165, 1.54) is 10.4 Å². The van der Waals surface area contributed by atoms with Crippen molar-refractivity contribution in [3.63, 3.8) is 0 Å². The number of hydrogen-bond donors (Lipinski definition) is 0. The van der Waals surface area contributed by atoms with Crippen molar-refractivity contribution < 1.29 is 0 Å². The number of thiophene rings is 1. The summed E-state index contributed by atoms with van der Waals surface area (Å²) in [6.45, 7) is 6.50. The van der Waals surface area contributed by atoms with Crippen molar-refractivity contribution in [2.75, 3.05) is 0 Å². The van der Waals surface area contributed by atoms with E-state index in [9.17, 15) is 0 Å². The molecule has 0 N–H and O–H groups in total. The predicted octanol–water partition coefficient (Wildman–Crippen LogP) is 4.38. The third-order valence-corrected chi connectivity index (χ3v) is 3.77. The van der Waals surface area contributed by atoms with Crippen LogP contribution in [0.4, 0.5) is 0 Å². The molecule has 0 nitrogen and oxygen atoms in total.